The fourth-order valence-electron chi connectivity index (χ4n) is 2.94. The third-order valence-electron chi connectivity index (χ3n) is 4.74. The summed E-state index contributed by atoms with van der Waals surface area (Å²) in [6, 6.07) is 9.70. The number of hydrogen-bond acceptors (Lipinski definition) is 9. The first-order valence-corrected chi connectivity index (χ1v) is 10.7. The average Bonchev–Trinajstić information content (AvgIpc) is 2.82. The molecule has 0 radical (unpaired) electrons. The van der Waals surface area contributed by atoms with Gasteiger partial charge in [-0.1, -0.05) is 25.1 Å². The minimum absolute atomic E-state index is 0.0860. The predicted octanol–water partition coefficient (Wildman–Crippen LogP) is 3.84. The highest BCUT2D eigenvalue weighted by Crippen LogP contribution is 2.31. The highest BCUT2D eigenvalue weighted by atomic mass is 19.3. The maximum Gasteiger partial charge on any atom is 0.309 e. The molecule has 0 N–H and O–H groups in total. The number of carbonyl (C=O) groups is 3. The van der Waals surface area contributed by atoms with E-state index in [1.165, 1.54) is 40.1 Å². The number of benzene rings is 1. The number of methoxy groups -OCH3 is 1. The topological polar surface area (TPSA) is 110 Å². The number of esters is 2. The molecule has 0 fully saturated rings. The van der Waals surface area contributed by atoms with Crippen LogP contribution in [0.25, 0.3) is 0 Å². The summed E-state index contributed by atoms with van der Waals surface area (Å²) >= 11 is 0. The molecule has 2 aromatic rings. The SMILES string of the molecule is COc1ccnc(C(=O)C[C@@H](C)C(=O)O[C@H](C(F)F)[C@H](C)Oc2ccccc2)c1OCOC(C)=O. The fraction of sp³-hybridized carbons (Fsp3) is 0.417. The summed E-state index contributed by atoms with van der Waals surface area (Å²) in [5, 5.41) is 0. The number of aromatic nitrogens is 1. The molecule has 1 aromatic heterocycles. The molecular formula is C24H27F2NO8. The highest BCUT2D eigenvalue weighted by molar-refractivity contribution is 5.99. The first kappa shape index (κ1) is 27.5. The summed E-state index contributed by atoms with van der Waals surface area (Å²) in [6.45, 7) is 3.41. The number of carbonyl (C=O) groups excluding carboxylic acids is 3. The van der Waals surface area contributed by atoms with Crippen molar-refractivity contribution in [2.75, 3.05) is 13.9 Å². The molecule has 0 bridgehead atoms. The van der Waals surface area contributed by atoms with Gasteiger partial charge in [-0.15, -0.1) is 0 Å². The lowest BCUT2D eigenvalue weighted by Gasteiger charge is -2.25. The number of para-hydroxylation sites is 1. The smallest absolute Gasteiger partial charge is 0.309 e. The molecule has 190 valence electrons. The van der Waals surface area contributed by atoms with Crippen molar-refractivity contribution in [3.63, 3.8) is 0 Å². The Hall–Kier alpha value is -3.76. The van der Waals surface area contributed by atoms with Crippen molar-refractivity contribution in [2.24, 2.45) is 5.92 Å². The predicted molar refractivity (Wildman–Crippen MR) is 119 cm³/mol. The van der Waals surface area contributed by atoms with Gasteiger partial charge in [0.25, 0.3) is 6.43 Å². The summed E-state index contributed by atoms with van der Waals surface area (Å²) in [4.78, 5) is 40.4. The molecule has 11 heteroatoms. The molecule has 2 rings (SSSR count). The Kier molecular flexibility index (Phi) is 10.4. The molecular weight excluding hydrogens is 468 g/mol. The first-order chi connectivity index (χ1) is 16.6. The van der Waals surface area contributed by atoms with Crippen LogP contribution < -0.4 is 14.2 Å². The van der Waals surface area contributed by atoms with Crippen LogP contribution in [0.4, 0.5) is 8.78 Å². The lowest BCUT2D eigenvalue weighted by molar-refractivity contribution is -0.169. The number of ketones is 1. The Morgan fingerprint density at radius 1 is 1.06 bits per heavy atom. The number of alkyl halides is 2. The molecule has 0 spiro atoms. The van der Waals surface area contributed by atoms with Crippen LogP contribution in [0.5, 0.6) is 17.2 Å². The second-order valence-corrected chi connectivity index (χ2v) is 7.49. The van der Waals surface area contributed by atoms with Crippen molar-refractivity contribution in [1.82, 2.24) is 4.98 Å². The zero-order valence-corrected chi connectivity index (χ0v) is 19.7. The largest absolute Gasteiger partial charge is 0.493 e. The van der Waals surface area contributed by atoms with Gasteiger partial charge in [0, 0.05) is 25.6 Å². The van der Waals surface area contributed by atoms with Crippen LogP contribution in [0.2, 0.25) is 0 Å². The third kappa shape index (κ3) is 8.20. The van der Waals surface area contributed by atoms with E-state index in [1.54, 1.807) is 30.3 Å². The van der Waals surface area contributed by atoms with Gasteiger partial charge in [-0.25, -0.2) is 13.8 Å². The number of Topliss-reactive ketones (excluding diaryl/α,β-unsaturated/α-hetero) is 1. The third-order valence-corrected chi connectivity index (χ3v) is 4.74. The van der Waals surface area contributed by atoms with E-state index in [0.717, 1.165) is 0 Å². The van der Waals surface area contributed by atoms with Crippen LogP contribution in [0.3, 0.4) is 0 Å². The maximum atomic E-state index is 13.6. The monoisotopic (exact) mass is 495 g/mol. The van der Waals surface area contributed by atoms with E-state index < -0.39 is 55.5 Å². The van der Waals surface area contributed by atoms with E-state index in [2.05, 4.69) is 4.98 Å². The van der Waals surface area contributed by atoms with Crippen LogP contribution in [0.1, 0.15) is 37.7 Å². The number of nitrogens with zero attached hydrogens (tertiary/aromatic N) is 1. The number of hydrogen-bond donors (Lipinski definition) is 0. The van der Waals surface area contributed by atoms with Crippen LogP contribution in [0.15, 0.2) is 42.6 Å². The van der Waals surface area contributed by atoms with Gasteiger partial charge in [-0.2, -0.15) is 0 Å². The molecule has 35 heavy (non-hydrogen) atoms. The summed E-state index contributed by atoms with van der Waals surface area (Å²) in [5.41, 5.74) is -0.178. The van der Waals surface area contributed by atoms with E-state index in [4.69, 9.17) is 23.7 Å². The van der Waals surface area contributed by atoms with Crippen LogP contribution >= 0.6 is 0 Å². The van der Waals surface area contributed by atoms with E-state index in [-0.39, 0.29) is 17.2 Å². The van der Waals surface area contributed by atoms with Crippen LogP contribution in [-0.2, 0) is 19.1 Å². The maximum absolute atomic E-state index is 13.6. The quantitative estimate of drug-likeness (QED) is 0.232. The second kappa shape index (κ2) is 13.2. The van der Waals surface area contributed by atoms with Gasteiger partial charge >= 0.3 is 11.9 Å². The highest BCUT2D eigenvalue weighted by Gasteiger charge is 2.34. The Morgan fingerprint density at radius 3 is 2.34 bits per heavy atom. The molecule has 1 aromatic carbocycles. The number of pyridine rings is 1. The molecule has 0 aliphatic heterocycles. The minimum Gasteiger partial charge on any atom is -0.493 e. The summed E-state index contributed by atoms with van der Waals surface area (Å²) < 4.78 is 52.9. The minimum atomic E-state index is -3.01. The van der Waals surface area contributed by atoms with Crippen molar-refractivity contribution in [1.29, 1.82) is 0 Å². The van der Waals surface area contributed by atoms with Gasteiger partial charge in [0.1, 0.15) is 11.9 Å². The molecule has 0 aliphatic rings. The summed E-state index contributed by atoms with van der Waals surface area (Å²) in [7, 11) is 1.34. The molecule has 0 saturated carbocycles. The number of rotatable bonds is 13. The van der Waals surface area contributed by atoms with Crippen molar-refractivity contribution in [3.05, 3.63) is 48.3 Å². The van der Waals surface area contributed by atoms with Crippen LogP contribution in [-0.4, -0.2) is 55.2 Å². The average molecular weight is 495 g/mol. The molecule has 0 unspecified atom stereocenters. The van der Waals surface area contributed by atoms with Gasteiger partial charge < -0.3 is 23.7 Å². The van der Waals surface area contributed by atoms with Gasteiger partial charge in [0.15, 0.2) is 29.1 Å². The lowest BCUT2D eigenvalue weighted by Crippen LogP contribution is -2.40. The Balaban J connectivity index is 2.08. The Morgan fingerprint density at radius 2 is 1.74 bits per heavy atom. The van der Waals surface area contributed by atoms with Gasteiger partial charge in [0.2, 0.25) is 6.79 Å². The molecule has 0 amide bonds. The van der Waals surface area contributed by atoms with Crippen molar-refractivity contribution < 1.29 is 46.8 Å². The lowest BCUT2D eigenvalue weighted by atomic mass is 10.0. The van der Waals surface area contributed by atoms with Crippen molar-refractivity contribution >= 4 is 17.7 Å². The summed E-state index contributed by atoms with van der Waals surface area (Å²) in [5.74, 6) is -2.91. The number of halogens is 2. The summed E-state index contributed by atoms with van der Waals surface area (Å²) in [6.07, 6.45) is -5.12. The fourth-order valence-corrected chi connectivity index (χ4v) is 2.94. The van der Waals surface area contributed by atoms with Crippen molar-refractivity contribution in [3.8, 4) is 17.2 Å². The van der Waals surface area contributed by atoms with E-state index >= 15 is 0 Å². The molecule has 0 aliphatic carbocycles. The molecule has 9 nitrogen and oxygen atoms in total. The number of ether oxygens (including phenoxy) is 5. The molecule has 0 saturated heterocycles. The van der Waals surface area contributed by atoms with Gasteiger partial charge in [-0.05, 0) is 19.1 Å². The van der Waals surface area contributed by atoms with E-state index in [1.807, 2.05) is 0 Å². The Labute approximate surface area is 201 Å². The van der Waals surface area contributed by atoms with Gasteiger partial charge in [-0.3, -0.25) is 14.4 Å². The Bertz CT molecular complexity index is 1000. The van der Waals surface area contributed by atoms with Gasteiger partial charge in [0.05, 0.1) is 13.0 Å². The second-order valence-electron chi connectivity index (χ2n) is 7.49. The normalized spacial score (nSPS) is 13.3. The molecule has 3 atom stereocenters. The zero-order valence-electron chi connectivity index (χ0n) is 19.7. The molecule has 1 heterocycles. The van der Waals surface area contributed by atoms with E-state index in [0.29, 0.717) is 5.75 Å². The standard InChI is InChI=1S/C24H27F2NO8/c1-14(24(30)35-21(23(25)26)15(2)34-17-8-6-5-7-9-17)12-18(29)20-22(33-13-32-16(3)28)19(31-4)10-11-27-20/h5-11,14-15,21,23H,12-13H2,1-4H3/t14-,15+,21+/m1/s1. The first-order valence-electron chi connectivity index (χ1n) is 10.7. The van der Waals surface area contributed by atoms with Crippen molar-refractivity contribution in [2.45, 2.75) is 45.8 Å². The zero-order chi connectivity index (χ0) is 26.0. The van der Waals surface area contributed by atoms with E-state index in [9.17, 15) is 23.2 Å². The van der Waals surface area contributed by atoms with Crippen LogP contribution in [0, 0.1) is 5.92 Å².